The second kappa shape index (κ2) is 11.4. The molecule has 8 nitrogen and oxygen atoms in total. The van der Waals surface area contributed by atoms with Crippen molar-refractivity contribution < 1.29 is 25.1 Å². The van der Waals surface area contributed by atoms with Gasteiger partial charge in [-0.15, -0.1) is 21.8 Å². The molecule has 4 N–H and O–H groups in total. The molecule has 1 aromatic heterocycles. The van der Waals surface area contributed by atoms with Crippen molar-refractivity contribution in [1.29, 1.82) is 0 Å². The van der Waals surface area contributed by atoms with Gasteiger partial charge in [-0.25, -0.2) is 4.79 Å². The van der Waals surface area contributed by atoms with Gasteiger partial charge in [-0.2, -0.15) is 10.4 Å². The van der Waals surface area contributed by atoms with Gasteiger partial charge in [0.2, 0.25) is 0 Å². The van der Waals surface area contributed by atoms with E-state index in [1.165, 1.54) is 74.3 Å². The zero-order valence-electron chi connectivity index (χ0n) is 19.7. The summed E-state index contributed by atoms with van der Waals surface area (Å²) < 4.78 is 5.18. The number of rotatable bonds is 7. The van der Waals surface area contributed by atoms with E-state index in [-0.39, 0.29) is 22.8 Å². The van der Waals surface area contributed by atoms with Gasteiger partial charge in [0.25, 0.3) is 0 Å². The molecule has 182 valence electrons. The lowest BCUT2D eigenvalue weighted by atomic mass is 9.84. The number of nitrogens with zero attached hydrogens (tertiary/aromatic N) is 2. The van der Waals surface area contributed by atoms with Crippen LogP contribution in [0.4, 0.5) is 11.5 Å². The number of benzene rings is 2. The molecule has 0 aliphatic heterocycles. The molecule has 0 unspecified atom stereocenters. The lowest BCUT2D eigenvalue weighted by Gasteiger charge is -2.22. The van der Waals surface area contributed by atoms with Crippen LogP contribution in [0.15, 0.2) is 47.8 Å². The van der Waals surface area contributed by atoms with E-state index >= 15 is 0 Å². The zero-order valence-corrected chi connectivity index (χ0v) is 20.5. The number of aromatic carboxylic acids is 1. The van der Waals surface area contributed by atoms with Crippen LogP contribution in [-0.2, 0) is 0 Å². The van der Waals surface area contributed by atoms with E-state index in [1.54, 1.807) is 5.38 Å². The summed E-state index contributed by atoms with van der Waals surface area (Å²) in [4.78, 5) is 13.8. The number of carbonyl (C=O) groups is 1. The summed E-state index contributed by atoms with van der Waals surface area (Å²) in [5.74, 6) is -0.354. The molecule has 1 saturated carbocycles. The van der Waals surface area contributed by atoms with Gasteiger partial charge in [0.1, 0.15) is 21.4 Å². The number of aromatic nitrogens is 1. The van der Waals surface area contributed by atoms with E-state index in [4.69, 9.17) is 9.84 Å². The maximum atomic E-state index is 11.1. The van der Waals surface area contributed by atoms with Gasteiger partial charge in [-0.05, 0) is 42.5 Å². The van der Waals surface area contributed by atoms with Crippen molar-refractivity contribution in [2.45, 2.75) is 51.9 Å². The minimum absolute atomic E-state index is 0.0222. The fourth-order valence-electron chi connectivity index (χ4n) is 4.02. The van der Waals surface area contributed by atoms with Crippen LogP contribution in [0, 0.1) is 0 Å². The van der Waals surface area contributed by atoms with Crippen LogP contribution in [0.5, 0.6) is 5.75 Å². The molecule has 2 aromatic carbocycles. The maximum absolute atomic E-state index is 11.1. The van der Waals surface area contributed by atoms with Gasteiger partial charge >= 0.3 is 11.8 Å². The van der Waals surface area contributed by atoms with E-state index < -0.39 is 10.9 Å². The first-order valence-corrected chi connectivity index (χ1v) is 12.4. The second-order valence-electron chi connectivity index (χ2n) is 7.90. The smallest absolute Gasteiger partial charge is 0.335 e. The number of quaternary nitrogens is 1. The van der Waals surface area contributed by atoms with Gasteiger partial charge in [-0.1, -0.05) is 57.4 Å². The van der Waals surface area contributed by atoms with Crippen molar-refractivity contribution in [2.75, 3.05) is 12.5 Å². The Morgan fingerprint density at radius 2 is 1.76 bits per heavy atom. The Balaban J connectivity index is 0.00000158. The highest BCUT2D eigenvalue weighted by molar-refractivity contribution is 7.13. The van der Waals surface area contributed by atoms with Crippen LogP contribution in [0.1, 0.15) is 67.8 Å². The molecule has 0 saturated heterocycles. The third-order valence-electron chi connectivity index (χ3n) is 5.77. The van der Waals surface area contributed by atoms with Crippen molar-refractivity contribution in [3.63, 3.8) is 0 Å². The van der Waals surface area contributed by atoms with Gasteiger partial charge in [0.05, 0.1) is 18.1 Å². The lowest BCUT2D eigenvalue weighted by molar-refractivity contribution is -0.274. The molecule has 1 aliphatic rings. The van der Waals surface area contributed by atoms with Crippen molar-refractivity contribution in [1.82, 2.24) is 9.90 Å². The monoisotopic (exact) mass is 486 g/mol. The molecule has 0 amide bonds. The maximum Gasteiger partial charge on any atom is 0.335 e. The third-order valence-corrected chi connectivity index (χ3v) is 6.65. The minimum atomic E-state index is -1.71. The average molecular weight is 487 g/mol. The van der Waals surface area contributed by atoms with Gasteiger partial charge in [0, 0.05) is 5.56 Å². The van der Waals surface area contributed by atoms with E-state index in [0.717, 1.165) is 5.56 Å². The molecule has 1 aliphatic carbocycles. The molecule has 0 spiro atoms. The summed E-state index contributed by atoms with van der Waals surface area (Å²) in [5, 5.41) is 32.5. The summed E-state index contributed by atoms with van der Waals surface area (Å²) in [5.41, 5.74) is 4.99. The first-order valence-electron chi connectivity index (χ1n) is 11.5. The summed E-state index contributed by atoms with van der Waals surface area (Å²) in [6.45, 7) is 4.00. The number of hydrogen-bond acceptors (Lipinski definition) is 7. The Hall–Kier alpha value is -2.98. The molecule has 0 radical (unpaired) electrons. The largest absolute Gasteiger partial charge is 0.494 e. The van der Waals surface area contributed by atoms with Gasteiger partial charge in [-0.3, -0.25) is 0 Å². The number of hydrogen-bond donors (Lipinski definition) is 4. The van der Waals surface area contributed by atoms with Crippen molar-refractivity contribution >= 4 is 28.8 Å². The Kier molecular flexibility index (Phi) is 8.62. The lowest BCUT2D eigenvalue weighted by Crippen LogP contribution is -2.48. The van der Waals surface area contributed by atoms with Gasteiger partial charge < -0.3 is 9.84 Å². The number of methoxy groups -OCH3 is 1. The summed E-state index contributed by atoms with van der Waals surface area (Å²) >= 11 is 1.30. The van der Waals surface area contributed by atoms with E-state index in [1.807, 2.05) is 26.0 Å². The zero-order chi connectivity index (χ0) is 24.7. The molecule has 0 bridgehead atoms. The predicted molar refractivity (Wildman–Crippen MR) is 134 cm³/mol. The number of ether oxygens (including phenoxy) is 1. The van der Waals surface area contributed by atoms with E-state index in [9.17, 15) is 15.2 Å². The summed E-state index contributed by atoms with van der Waals surface area (Å²) in [6.07, 6.45) is 6.36. The fraction of sp³-hybridized carbons (Fsp3) is 0.360. The first kappa shape index (κ1) is 25.6. The first-order chi connectivity index (χ1) is 16.4. The summed E-state index contributed by atoms with van der Waals surface area (Å²) in [7, 11) is 1.37. The Morgan fingerprint density at radius 3 is 2.38 bits per heavy atom. The number of carboxylic acid groups (broad SMARTS) is 1. The highest BCUT2D eigenvalue weighted by Crippen LogP contribution is 2.35. The molecule has 3 aromatic rings. The number of thiazole rings is 1. The summed E-state index contributed by atoms with van der Waals surface area (Å²) in [6, 6.07) is 12.4. The van der Waals surface area contributed by atoms with Gasteiger partial charge in [0.15, 0.2) is 0 Å². The Morgan fingerprint density at radius 1 is 1.09 bits per heavy atom. The number of anilines is 1. The second-order valence-corrected chi connectivity index (χ2v) is 8.76. The predicted octanol–water partition coefficient (Wildman–Crippen LogP) is 6.70. The van der Waals surface area contributed by atoms with E-state index in [0.29, 0.717) is 10.9 Å². The highest BCUT2D eigenvalue weighted by Gasteiger charge is 2.33. The number of nitrogens with one attached hydrogen (secondary N) is 1. The molecule has 0 atom stereocenters. The van der Waals surface area contributed by atoms with E-state index in [2.05, 4.69) is 22.5 Å². The minimum Gasteiger partial charge on any atom is -0.494 e. The molecule has 9 heteroatoms. The normalized spacial score (nSPS) is 14.1. The standard InChI is InChI=1S/C23H25N3O5S.C2H6/c1-31-20-13-18(23(27)28)11-12-19(20)25-26(29,30)21-14-32-22(24-21)17-9-7-16(8-10-17)15-5-3-2-4-6-15;1-2/h7-15,25,29-30H,2-6H2,1H3;1-2H3/p+1. The van der Waals surface area contributed by atoms with Crippen LogP contribution in [0.25, 0.3) is 10.6 Å². The van der Waals surface area contributed by atoms with Crippen LogP contribution < -0.4 is 15.1 Å². The quantitative estimate of drug-likeness (QED) is 0.217. The molecular formula is C25H32N3O5S+. The average Bonchev–Trinajstić information content (AvgIpc) is 3.37. The Bertz CT molecular complexity index is 1090. The molecular weight excluding hydrogens is 454 g/mol. The topological polar surface area (TPSA) is 112 Å². The van der Waals surface area contributed by atoms with Crippen LogP contribution in [0.3, 0.4) is 0 Å². The third kappa shape index (κ3) is 5.92. The van der Waals surface area contributed by atoms with Crippen LogP contribution in [-0.4, -0.2) is 33.6 Å². The fourth-order valence-corrected chi connectivity index (χ4v) is 4.85. The number of carboxylic acids is 1. The molecule has 1 fully saturated rings. The van der Waals surface area contributed by atoms with Crippen molar-refractivity contribution in [3.8, 4) is 16.3 Å². The molecule has 4 rings (SSSR count). The van der Waals surface area contributed by atoms with Crippen LogP contribution >= 0.6 is 11.3 Å². The van der Waals surface area contributed by atoms with Crippen LogP contribution in [0.2, 0.25) is 0 Å². The van der Waals surface area contributed by atoms with Crippen molar-refractivity contribution in [3.05, 3.63) is 59.0 Å². The molecule has 1 heterocycles. The Labute approximate surface area is 203 Å². The molecule has 34 heavy (non-hydrogen) atoms. The highest BCUT2D eigenvalue weighted by atomic mass is 32.1. The SMILES string of the molecule is CC.COc1cc(C(=O)O)ccc1N[N+](O)(O)c1csc(-c2ccc(C3CCCCC3)cc2)n1. The van der Waals surface area contributed by atoms with Crippen molar-refractivity contribution in [2.24, 2.45) is 0 Å².